The van der Waals surface area contributed by atoms with Gasteiger partial charge in [-0.3, -0.25) is 9.59 Å². The monoisotopic (exact) mass is 383 g/mol. The minimum atomic E-state index is -0.416. The van der Waals surface area contributed by atoms with E-state index in [1.165, 1.54) is 10.9 Å². The van der Waals surface area contributed by atoms with E-state index in [-0.39, 0.29) is 17.5 Å². The van der Waals surface area contributed by atoms with Crippen LogP contribution in [0.5, 0.6) is 0 Å². The van der Waals surface area contributed by atoms with E-state index in [4.69, 9.17) is 11.6 Å². The molecule has 7 nitrogen and oxygen atoms in total. The standard InChI is InChI=1S/C19H18ClN5O2/c1-12(2)18(26)21-13-6-5-7-14(10-13)22-19(27)16-11-25(24-23-16)17-9-4-3-8-15(17)20/h3-12H,1-2H3,(H,21,26)(H,22,27). The topological polar surface area (TPSA) is 88.9 Å². The van der Waals surface area contributed by atoms with Crippen LogP contribution in [0.25, 0.3) is 5.69 Å². The van der Waals surface area contributed by atoms with Crippen molar-refractivity contribution in [3.63, 3.8) is 0 Å². The Bertz CT molecular complexity index is 983. The molecule has 0 unspecified atom stereocenters. The van der Waals surface area contributed by atoms with Crippen molar-refractivity contribution in [3.8, 4) is 5.69 Å². The highest BCUT2D eigenvalue weighted by Gasteiger charge is 2.14. The maximum absolute atomic E-state index is 12.4. The van der Waals surface area contributed by atoms with Crippen LogP contribution in [0.4, 0.5) is 11.4 Å². The van der Waals surface area contributed by atoms with Gasteiger partial charge in [0.1, 0.15) is 0 Å². The summed E-state index contributed by atoms with van der Waals surface area (Å²) < 4.78 is 1.44. The van der Waals surface area contributed by atoms with Crippen LogP contribution in [-0.4, -0.2) is 26.8 Å². The van der Waals surface area contributed by atoms with Gasteiger partial charge in [0, 0.05) is 17.3 Å². The normalized spacial score (nSPS) is 10.7. The number of para-hydroxylation sites is 1. The molecule has 0 saturated heterocycles. The predicted molar refractivity (Wildman–Crippen MR) is 104 cm³/mol. The lowest BCUT2D eigenvalue weighted by atomic mass is 10.2. The largest absolute Gasteiger partial charge is 0.326 e. The molecular weight excluding hydrogens is 366 g/mol. The van der Waals surface area contributed by atoms with E-state index in [9.17, 15) is 9.59 Å². The van der Waals surface area contributed by atoms with E-state index in [0.29, 0.717) is 22.1 Å². The molecule has 1 aromatic heterocycles. The average Bonchev–Trinajstić information content (AvgIpc) is 3.12. The van der Waals surface area contributed by atoms with Gasteiger partial charge in [-0.1, -0.05) is 48.9 Å². The molecule has 0 spiro atoms. The first-order chi connectivity index (χ1) is 12.9. The molecule has 3 aromatic rings. The molecule has 3 rings (SSSR count). The number of halogens is 1. The Morgan fingerprint density at radius 2 is 1.74 bits per heavy atom. The van der Waals surface area contributed by atoms with Crippen molar-refractivity contribution in [3.05, 3.63) is 65.4 Å². The summed E-state index contributed by atoms with van der Waals surface area (Å²) >= 11 is 6.13. The number of aromatic nitrogens is 3. The Morgan fingerprint density at radius 3 is 2.44 bits per heavy atom. The first kappa shape index (κ1) is 18.6. The average molecular weight is 384 g/mol. The zero-order valence-corrected chi connectivity index (χ0v) is 15.6. The second kappa shape index (κ2) is 8.01. The van der Waals surface area contributed by atoms with Crippen LogP contribution in [0, 0.1) is 5.92 Å². The van der Waals surface area contributed by atoms with Crippen molar-refractivity contribution in [1.82, 2.24) is 15.0 Å². The number of carbonyl (C=O) groups is 2. The van der Waals surface area contributed by atoms with Crippen LogP contribution in [-0.2, 0) is 4.79 Å². The Balaban J connectivity index is 1.73. The van der Waals surface area contributed by atoms with Gasteiger partial charge >= 0.3 is 0 Å². The zero-order valence-electron chi connectivity index (χ0n) is 14.8. The van der Waals surface area contributed by atoms with E-state index in [2.05, 4.69) is 20.9 Å². The van der Waals surface area contributed by atoms with Crippen molar-refractivity contribution < 1.29 is 9.59 Å². The number of carbonyl (C=O) groups excluding carboxylic acids is 2. The van der Waals surface area contributed by atoms with E-state index < -0.39 is 5.91 Å². The molecule has 8 heteroatoms. The van der Waals surface area contributed by atoms with E-state index in [0.717, 1.165) is 0 Å². The number of nitrogens with one attached hydrogen (secondary N) is 2. The molecule has 2 aromatic carbocycles. The quantitative estimate of drug-likeness (QED) is 0.701. The molecule has 2 N–H and O–H groups in total. The van der Waals surface area contributed by atoms with Gasteiger partial charge in [0.15, 0.2) is 5.69 Å². The highest BCUT2D eigenvalue weighted by Crippen LogP contribution is 2.20. The van der Waals surface area contributed by atoms with E-state index in [1.807, 2.05) is 19.9 Å². The van der Waals surface area contributed by atoms with E-state index in [1.54, 1.807) is 42.5 Å². The lowest BCUT2D eigenvalue weighted by Gasteiger charge is -2.09. The molecule has 0 aliphatic rings. The summed E-state index contributed by atoms with van der Waals surface area (Å²) in [6.45, 7) is 3.62. The maximum atomic E-state index is 12.4. The fourth-order valence-corrected chi connectivity index (χ4v) is 2.50. The molecule has 0 saturated carbocycles. The third-order valence-electron chi connectivity index (χ3n) is 3.74. The van der Waals surface area contributed by atoms with Gasteiger partial charge in [-0.15, -0.1) is 5.10 Å². The summed E-state index contributed by atoms with van der Waals surface area (Å²) in [7, 11) is 0. The van der Waals surface area contributed by atoms with Crippen molar-refractivity contribution in [2.75, 3.05) is 10.6 Å². The molecule has 2 amide bonds. The van der Waals surface area contributed by atoms with Crippen LogP contribution in [0.15, 0.2) is 54.7 Å². The maximum Gasteiger partial charge on any atom is 0.277 e. The first-order valence-electron chi connectivity index (χ1n) is 8.33. The van der Waals surface area contributed by atoms with Crippen molar-refractivity contribution in [2.45, 2.75) is 13.8 Å². The summed E-state index contributed by atoms with van der Waals surface area (Å²) in [6.07, 6.45) is 1.50. The number of rotatable bonds is 5. The summed E-state index contributed by atoms with van der Waals surface area (Å²) in [4.78, 5) is 24.2. The van der Waals surface area contributed by atoms with Crippen LogP contribution in [0.2, 0.25) is 5.02 Å². The van der Waals surface area contributed by atoms with Gasteiger partial charge in [-0.05, 0) is 30.3 Å². The number of hydrogen-bond acceptors (Lipinski definition) is 4. The van der Waals surface area contributed by atoms with Gasteiger partial charge in [0.2, 0.25) is 5.91 Å². The molecule has 0 aliphatic carbocycles. The predicted octanol–water partition coefficient (Wildman–Crippen LogP) is 3.77. The van der Waals surface area contributed by atoms with Crippen LogP contribution in [0.3, 0.4) is 0 Å². The number of hydrogen-bond donors (Lipinski definition) is 2. The molecule has 0 fully saturated rings. The van der Waals surface area contributed by atoms with Crippen LogP contribution >= 0.6 is 11.6 Å². The summed E-state index contributed by atoms with van der Waals surface area (Å²) in [5, 5.41) is 13.9. The SMILES string of the molecule is CC(C)C(=O)Nc1cccc(NC(=O)c2cn(-c3ccccc3Cl)nn2)c1. The Labute approximate surface area is 161 Å². The molecule has 0 bridgehead atoms. The van der Waals surface area contributed by atoms with Gasteiger partial charge in [0.25, 0.3) is 5.91 Å². The van der Waals surface area contributed by atoms with Crippen LogP contribution in [0.1, 0.15) is 24.3 Å². The van der Waals surface area contributed by atoms with Crippen molar-refractivity contribution in [1.29, 1.82) is 0 Å². The van der Waals surface area contributed by atoms with Gasteiger partial charge in [-0.25, -0.2) is 4.68 Å². The fourth-order valence-electron chi connectivity index (χ4n) is 2.28. The van der Waals surface area contributed by atoms with Gasteiger partial charge in [0.05, 0.1) is 16.9 Å². The smallest absolute Gasteiger partial charge is 0.277 e. The third-order valence-corrected chi connectivity index (χ3v) is 4.06. The van der Waals surface area contributed by atoms with Gasteiger partial charge in [-0.2, -0.15) is 0 Å². The van der Waals surface area contributed by atoms with Crippen molar-refractivity contribution >= 4 is 34.8 Å². The highest BCUT2D eigenvalue weighted by molar-refractivity contribution is 6.32. The van der Waals surface area contributed by atoms with Gasteiger partial charge < -0.3 is 10.6 Å². The number of benzene rings is 2. The molecule has 27 heavy (non-hydrogen) atoms. The number of anilines is 2. The summed E-state index contributed by atoms with van der Waals surface area (Å²) in [5.74, 6) is -0.648. The highest BCUT2D eigenvalue weighted by atomic mass is 35.5. The number of nitrogens with zero attached hydrogens (tertiary/aromatic N) is 3. The second-order valence-electron chi connectivity index (χ2n) is 6.18. The third kappa shape index (κ3) is 4.51. The summed E-state index contributed by atoms with van der Waals surface area (Å²) in [6, 6.07) is 14.0. The minimum absolute atomic E-state index is 0.0961. The molecule has 1 heterocycles. The Kier molecular flexibility index (Phi) is 5.52. The molecule has 0 aliphatic heterocycles. The Hall–Kier alpha value is -3.19. The molecular formula is C19H18ClN5O2. The molecule has 0 atom stereocenters. The lowest BCUT2D eigenvalue weighted by molar-refractivity contribution is -0.118. The van der Waals surface area contributed by atoms with E-state index >= 15 is 0 Å². The first-order valence-corrected chi connectivity index (χ1v) is 8.71. The molecule has 0 radical (unpaired) electrons. The second-order valence-corrected chi connectivity index (χ2v) is 6.59. The fraction of sp³-hybridized carbons (Fsp3) is 0.158. The zero-order chi connectivity index (χ0) is 19.4. The minimum Gasteiger partial charge on any atom is -0.326 e. The lowest BCUT2D eigenvalue weighted by Crippen LogP contribution is -2.18. The molecule has 138 valence electrons. The Morgan fingerprint density at radius 1 is 1.04 bits per heavy atom. The summed E-state index contributed by atoms with van der Waals surface area (Å²) in [5.41, 5.74) is 1.91. The van der Waals surface area contributed by atoms with Crippen LogP contribution < -0.4 is 10.6 Å². The number of amides is 2. The van der Waals surface area contributed by atoms with Crippen molar-refractivity contribution in [2.24, 2.45) is 5.92 Å².